The summed E-state index contributed by atoms with van der Waals surface area (Å²) in [5.74, 6) is -1.43. The average Bonchev–Trinajstić information content (AvgIpc) is 3.62. The molecule has 0 N–H and O–H groups in total. The number of nitrogens with zero attached hydrogens (tertiary/aromatic N) is 3. The Morgan fingerprint density at radius 2 is 1.81 bits per heavy atom. The number of aryl methyl sites for hydroxylation is 1. The molecule has 2 heterocycles. The molecule has 2 aromatic carbocycles. The van der Waals surface area contributed by atoms with Crippen LogP contribution in [0, 0.1) is 24.2 Å². The smallest absolute Gasteiger partial charge is 0.392 e. The van der Waals surface area contributed by atoms with E-state index in [-0.39, 0.29) is 23.6 Å². The maximum atomic E-state index is 14.5. The fourth-order valence-corrected chi connectivity index (χ4v) is 7.35. The number of hydrogen-bond donors (Lipinski definition) is 0. The molecule has 3 aliphatic rings. The van der Waals surface area contributed by atoms with Crippen molar-refractivity contribution in [1.29, 1.82) is 0 Å². The molecule has 216 valence electrons. The van der Waals surface area contributed by atoms with Gasteiger partial charge in [0.1, 0.15) is 5.75 Å². The molecule has 7 rings (SSSR count). The second-order valence-electron chi connectivity index (χ2n) is 12.0. The molecule has 1 fully saturated rings. The predicted octanol–water partition coefficient (Wildman–Crippen LogP) is 8.49. The molecular weight excluding hydrogens is 539 g/mol. The van der Waals surface area contributed by atoms with E-state index < -0.39 is 18.0 Å². The van der Waals surface area contributed by atoms with E-state index in [9.17, 15) is 13.2 Å². The highest BCUT2D eigenvalue weighted by Gasteiger charge is 2.56. The van der Waals surface area contributed by atoms with Crippen LogP contribution in [0.4, 0.5) is 13.2 Å². The Hall–Kier alpha value is -4.07. The van der Waals surface area contributed by atoms with Crippen LogP contribution in [0.2, 0.25) is 0 Å². The minimum atomic E-state index is -4.37. The SMILES string of the molecule is COc1ccc(-c2cnc([C@H]3[C@H](C(F)(F)F)CC=C4[C@@H]3CCC3=Cc5c(cnn5-c5ccc(C)cc5)C[C@@]34C)o2)cc1. The highest BCUT2D eigenvalue weighted by Crippen LogP contribution is 2.61. The lowest BCUT2D eigenvalue weighted by molar-refractivity contribution is -0.187. The van der Waals surface area contributed by atoms with Crippen LogP contribution in [0.3, 0.4) is 0 Å². The van der Waals surface area contributed by atoms with Gasteiger partial charge in [-0.15, -0.1) is 0 Å². The molecule has 4 aromatic rings. The van der Waals surface area contributed by atoms with E-state index in [2.05, 4.69) is 49.2 Å². The zero-order valence-electron chi connectivity index (χ0n) is 23.8. The summed E-state index contributed by atoms with van der Waals surface area (Å²) in [5, 5.41) is 4.71. The van der Waals surface area contributed by atoms with Gasteiger partial charge in [0.2, 0.25) is 0 Å². The van der Waals surface area contributed by atoms with Gasteiger partial charge in [0.05, 0.1) is 42.7 Å². The Balaban J connectivity index is 1.25. The number of benzene rings is 2. The largest absolute Gasteiger partial charge is 0.497 e. The van der Waals surface area contributed by atoms with E-state index in [1.54, 1.807) is 25.4 Å². The number of halogens is 3. The quantitative estimate of drug-likeness (QED) is 0.231. The van der Waals surface area contributed by atoms with E-state index in [0.29, 0.717) is 30.8 Å². The third kappa shape index (κ3) is 4.30. The Morgan fingerprint density at radius 3 is 2.52 bits per heavy atom. The first-order valence-electron chi connectivity index (χ1n) is 14.4. The second kappa shape index (κ2) is 9.75. The van der Waals surface area contributed by atoms with Crippen molar-refractivity contribution >= 4 is 6.08 Å². The number of alkyl halides is 3. The molecular formula is C34H32F3N3O2. The van der Waals surface area contributed by atoms with Gasteiger partial charge < -0.3 is 9.15 Å². The lowest BCUT2D eigenvalue weighted by Gasteiger charge is -2.50. The van der Waals surface area contributed by atoms with Crippen molar-refractivity contribution in [3.63, 3.8) is 0 Å². The van der Waals surface area contributed by atoms with Crippen molar-refractivity contribution in [2.24, 2.45) is 17.3 Å². The highest BCUT2D eigenvalue weighted by atomic mass is 19.4. The molecule has 0 bridgehead atoms. The monoisotopic (exact) mass is 571 g/mol. The summed E-state index contributed by atoms with van der Waals surface area (Å²) in [7, 11) is 1.58. The van der Waals surface area contributed by atoms with Gasteiger partial charge in [-0.2, -0.15) is 18.3 Å². The first-order chi connectivity index (χ1) is 20.2. The molecule has 0 aliphatic heterocycles. The van der Waals surface area contributed by atoms with Crippen molar-refractivity contribution in [1.82, 2.24) is 14.8 Å². The molecule has 0 unspecified atom stereocenters. The van der Waals surface area contributed by atoms with E-state index in [0.717, 1.165) is 28.1 Å². The first-order valence-corrected chi connectivity index (χ1v) is 14.4. The van der Waals surface area contributed by atoms with Gasteiger partial charge in [0.15, 0.2) is 11.7 Å². The number of aromatic nitrogens is 3. The molecule has 3 aliphatic carbocycles. The number of fused-ring (bicyclic) bond motifs is 4. The standard InChI is InChI=1S/C34H32F3N3O2/c1-20-4-9-24(10-5-20)40-29-16-23-8-13-26-27(33(23,2)17-22(29)18-39-40)14-15-28(34(35,36)37)31(26)32-38-19-30(42-32)21-6-11-25(41-3)12-7-21/h4-7,9-12,14,16,18-19,26,28,31H,8,13,15,17H2,1-3H3/t26-,28+,31+,33-/m0/s1. The van der Waals surface area contributed by atoms with Gasteiger partial charge >= 0.3 is 6.18 Å². The van der Waals surface area contributed by atoms with E-state index in [1.165, 1.54) is 11.1 Å². The van der Waals surface area contributed by atoms with E-state index in [4.69, 9.17) is 14.3 Å². The summed E-state index contributed by atoms with van der Waals surface area (Å²) >= 11 is 0. The fourth-order valence-electron chi connectivity index (χ4n) is 7.35. The molecule has 5 nitrogen and oxygen atoms in total. The molecule has 4 atom stereocenters. The third-order valence-electron chi connectivity index (χ3n) is 9.55. The van der Waals surface area contributed by atoms with Crippen molar-refractivity contribution < 1.29 is 22.3 Å². The summed E-state index contributed by atoms with van der Waals surface area (Å²) < 4.78 is 56.9. The third-order valence-corrected chi connectivity index (χ3v) is 9.55. The summed E-state index contributed by atoms with van der Waals surface area (Å²) in [6, 6.07) is 15.5. The summed E-state index contributed by atoms with van der Waals surface area (Å²) in [5.41, 5.74) is 7.04. The molecule has 0 spiro atoms. The van der Waals surface area contributed by atoms with Crippen LogP contribution in [0.1, 0.15) is 54.8 Å². The zero-order chi connectivity index (χ0) is 29.2. The molecule has 2 aromatic heterocycles. The maximum absolute atomic E-state index is 14.5. The Kier molecular flexibility index (Phi) is 6.22. The molecule has 42 heavy (non-hydrogen) atoms. The van der Waals surface area contributed by atoms with Crippen LogP contribution in [0.25, 0.3) is 23.1 Å². The summed E-state index contributed by atoms with van der Waals surface area (Å²) in [6.45, 7) is 4.24. The zero-order valence-corrected chi connectivity index (χ0v) is 23.8. The van der Waals surface area contributed by atoms with Gasteiger partial charge in [-0.1, -0.05) is 41.8 Å². The summed E-state index contributed by atoms with van der Waals surface area (Å²) in [4.78, 5) is 4.47. The Labute approximate surface area is 242 Å². The van der Waals surface area contributed by atoms with E-state index >= 15 is 0 Å². The Bertz CT molecular complexity index is 1690. The minimum Gasteiger partial charge on any atom is -0.497 e. The van der Waals surface area contributed by atoms with Crippen LogP contribution < -0.4 is 4.74 Å². The number of ether oxygens (including phenoxy) is 1. The van der Waals surface area contributed by atoms with Crippen molar-refractivity contribution in [3.05, 3.63) is 101 Å². The predicted molar refractivity (Wildman–Crippen MR) is 154 cm³/mol. The lowest BCUT2D eigenvalue weighted by Crippen LogP contribution is -2.44. The number of allylic oxidation sites excluding steroid dienone is 3. The number of rotatable bonds is 4. The number of oxazole rings is 1. The van der Waals surface area contributed by atoms with Gasteiger partial charge in [0.25, 0.3) is 0 Å². The Morgan fingerprint density at radius 1 is 1.05 bits per heavy atom. The lowest BCUT2D eigenvalue weighted by atomic mass is 9.54. The van der Waals surface area contributed by atoms with Gasteiger partial charge in [0, 0.05) is 11.0 Å². The van der Waals surface area contributed by atoms with Crippen LogP contribution >= 0.6 is 0 Å². The van der Waals surface area contributed by atoms with Crippen molar-refractivity contribution in [2.45, 2.75) is 51.6 Å². The highest BCUT2D eigenvalue weighted by molar-refractivity contribution is 5.64. The molecule has 0 saturated heterocycles. The topological polar surface area (TPSA) is 53.1 Å². The molecule has 8 heteroatoms. The van der Waals surface area contributed by atoms with Gasteiger partial charge in [-0.3, -0.25) is 0 Å². The fraction of sp³-hybridized carbons (Fsp3) is 0.353. The minimum absolute atomic E-state index is 0.0847. The van der Waals surface area contributed by atoms with Crippen LogP contribution in [0.5, 0.6) is 5.75 Å². The van der Waals surface area contributed by atoms with Crippen molar-refractivity contribution in [2.75, 3.05) is 7.11 Å². The number of hydrogen-bond acceptors (Lipinski definition) is 4. The average molecular weight is 572 g/mol. The van der Waals surface area contributed by atoms with Crippen molar-refractivity contribution in [3.8, 4) is 22.8 Å². The first kappa shape index (κ1) is 26.8. The number of methoxy groups -OCH3 is 1. The molecule has 0 radical (unpaired) electrons. The van der Waals surface area contributed by atoms with Gasteiger partial charge in [-0.05, 0) is 86.6 Å². The molecule has 0 amide bonds. The van der Waals surface area contributed by atoms with Crippen LogP contribution in [-0.4, -0.2) is 28.1 Å². The maximum Gasteiger partial charge on any atom is 0.392 e. The van der Waals surface area contributed by atoms with Crippen LogP contribution in [0.15, 0.2) is 82.6 Å². The molecule has 1 saturated carbocycles. The van der Waals surface area contributed by atoms with E-state index in [1.807, 2.05) is 29.1 Å². The van der Waals surface area contributed by atoms with Crippen LogP contribution in [-0.2, 0) is 6.42 Å². The van der Waals surface area contributed by atoms with Gasteiger partial charge in [-0.25, -0.2) is 9.67 Å². The summed E-state index contributed by atoms with van der Waals surface area (Å²) in [6.07, 6.45) is 5.12. The normalized spacial score (nSPS) is 25.1. The second-order valence-corrected chi connectivity index (χ2v) is 12.0.